The number of aromatic nitrogens is 2. The second-order valence-electron chi connectivity index (χ2n) is 10.2. The predicted octanol–water partition coefficient (Wildman–Crippen LogP) is 4.92. The van der Waals surface area contributed by atoms with Crippen molar-refractivity contribution in [2.24, 2.45) is 0 Å². The lowest BCUT2D eigenvalue weighted by Gasteiger charge is -2.35. The largest absolute Gasteiger partial charge is 0.497 e. The Balaban J connectivity index is 1.42. The summed E-state index contributed by atoms with van der Waals surface area (Å²) in [6.07, 6.45) is 6.06. The zero-order valence-electron chi connectivity index (χ0n) is 23.1. The molecule has 1 aromatic heterocycles. The third-order valence-electron chi connectivity index (χ3n) is 6.01. The lowest BCUT2D eigenvalue weighted by Crippen LogP contribution is -2.51. The molecule has 1 amide bonds. The summed E-state index contributed by atoms with van der Waals surface area (Å²) in [5.74, 6) is -1.42. The second kappa shape index (κ2) is 12.2. The fourth-order valence-corrected chi connectivity index (χ4v) is 5.43. The quantitative estimate of drug-likeness (QED) is 0.415. The summed E-state index contributed by atoms with van der Waals surface area (Å²) in [6, 6.07) is 8.83. The summed E-state index contributed by atoms with van der Waals surface area (Å²) < 4.78 is 67.6. The van der Waals surface area contributed by atoms with E-state index in [4.69, 9.17) is 9.47 Å². The van der Waals surface area contributed by atoms with Crippen molar-refractivity contribution in [3.63, 3.8) is 0 Å². The van der Waals surface area contributed by atoms with E-state index >= 15 is 0 Å². The Hall–Kier alpha value is -4.10. The van der Waals surface area contributed by atoms with Gasteiger partial charge in [0, 0.05) is 50.2 Å². The minimum Gasteiger partial charge on any atom is -0.497 e. The number of ether oxygens (including phenoxy) is 2. The van der Waals surface area contributed by atoms with Crippen molar-refractivity contribution in [3.05, 3.63) is 71.6 Å². The molecule has 10 nitrogen and oxygen atoms in total. The maximum atomic E-state index is 15.0. The van der Waals surface area contributed by atoms with Gasteiger partial charge in [0.2, 0.25) is 16.0 Å². The Morgan fingerprint density at radius 1 is 0.976 bits per heavy atom. The number of methoxy groups -OCH3 is 1. The molecule has 1 aliphatic heterocycles. The van der Waals surface area contributed by atoms with Crippen molar-refractivity contribution < 1.29 is 31.5 Å². The number of hydrogen-bond acceptors (Lipinski definition) is 8. The van der Waals surface area contributed by atoms with Crippen LogP contribution in [0.15, 0.2) is 53.7 Å². The van der Waals surface area contributed by atoms with Gasteiger partial charge in [-0.1, -0.05) is 24.3 Å². The third-order valence-corrected chi connectivity index (χ3v) is 7.92. The second-order valence-corrected chi connectivity index (χ2v) is 12.1. The molecule has 41 heavy (non-hydrogen) atoms. The average molecular weight is 588 g/mol. The van der Waals surface area contributed by atoms with Crippen LogP contribution in [0.4, 0.5) is 25.2 Å². The molecule has 13 heteroatoms. The van der Waals surface area contributed by atoms with Crippen LogP contribution in [0.5, 0.6) is 5.75 Å². The van der Waals surface area contributed by atoms with E-state index in [1.165, 1.54) is 17.3 Å². The minimum absolute atomic E-state index is 0.00398. The first-order chi connectivity index (χ1) is 19.4. The van der Waals surface area contributed by atoms with Gasteiger partial charge in [0.05, 0.1) is 12.8 Å². The Labute approximate surface area is 237 Å². The fraction of sp³-hybridized carbons (Fsp3) is 0.321. The molecule has 2 aromatic carbocycles. The van der Waals surface area contributed by atoms with Crippen LogP contribution in [-0.2, 0) is 14.8 Å². The summed E-state index contributed by atoms with van der Waals surface area (Å²) in [7, 11) is -2.78. The number of piperazine rings is 1. The molecule has 3 aromatic rings. The van der Waals surface area contributed by atoms with Gasteiger partial charge in [0.25, 0.3) is 0 Å². The van der Waals surface area contributed by atoms with E-state index < -0.39 is 38.2 Å². The van der Waals surface area contributed by atoms with E-state index in [0.29, 0.717) is 11.6 Å². The van der Waals surface area contributed by atoms with Crippen LogP contribution >= 0.6 is 0 Å². The number of benzene rings is 2. The Kier molecular flexibility index (Phi) is 8.88. The van der Waals surface area contributed by atoms with Gasteiger partial charge >= 0.3 is 6.09 Å². The summed E-state index contributed by atoms with van der Waals surface area (Å²) in [5.41, 5.74) is 0.552. The maximum absolute atomic E-state index is 15.0. The molecule has 1 aliphatic rings. The molecule has 0 unspecified atom stereocenters. The molecule has 0 saturated carbocycles. The SMILES string of the molecule is COc1cccc(C=Cc2cnc(Nc3cc(F)c(S(=O)(=O)N4CCN(C(=O)OC(C)(C)C)CC4)cc3F)nc2)c1. The van der Waals surface area contributed by atoms with E-state index in [1.54, 1.807) is 34.0 Å². The lowest BCUT2D eigenvalue weighted by molar-refractivity contribution is 0.0192. The van der Waals surface area contributed by atoms with Crippen molar-refractivity contribution in [2.75, 3.05) is 38.6 Å². The number of carbonyl (C=O) groups is 1. The number of amides is 1. The van der Waals surface area contributed by atoms with Crippen LogP contribution in [0.1, 0.15) is 31.9 Å². The topological polar surface area (TPSA) is 114 Å². The van der Waals surface area contributed by atoms with Crippen LogP contribution in [0.3, 0.4) is 0 Å². The van der Waals surface area contributed by atoms with Crippen LogP contribution < -0.4 is 10.1 Å². The Morgan fingerprint density at radius 2 is 1.63 bits per heavy atom. The molecule has 0 spiro atoms. The number of nitrogens with zero attached hydrogens (tertiary/aromatic N) is 4. The molecule has 218 valence electrons. The summed E-state index contributed by atoms with van der Waals surface area (Å²) >= 11 is 0. The third kappa shape index (κ3) is 7.55. The van der Waals surface area contributed by atoms with Gasteiger partial charge in [-0.2, -0.15) is 4.31 Å². The number of sulfonamides is 1. The van der Waals surface area contributed by atoms with E-state index in [1.807, 2.05) is 30.3 Å². The number of carbonyl (C=O) groups excluding carboxylic acids is 1. The van der Waals surface area contributed by atoms with E-state index in [9.17, 15) is 22.0 Å². The first-order valence-electron chi connectivity index (χ1n) is 12.7. The first-order valence-corrected chi connectivity index (χ1v) is 14.2. The molecule has 2 heterocycles. The lowest BCUT2D eigenvalue weighted by atomic mass is 10.2. The van der Waals surface area contributed by atoms with Crippen LogP contribution in [0.25, 0.3) is 12.2 Å². The Bertz CT molecular complexity index is 1530. The standard InChI is InChI=1S/C28H31F2N5O5S/c1-28(2,3)40-27(36)34-10-12-35(13-11-34)41(37,38)25-16-22(29)24(15-23(25)30)33-26-31-17-20(18-32-26)9-8-19-6-5-7-21(14-19)39-4/h5-9,14-18H,10-13H2,1-4H3,(H,31,32,33). The van der Waals surface area contributed by atoms with Gasteiger partial charge in [0.15, 0.2) is 0 Å². The highest BCUT2D eigenvalue weighted by atomic mass is 32.2. The maximum Gasteiger partial charge on any atom is 0.410 e. The number of hydrogen-bond donors (Lipinski definition) is 1. The fourth-order valence-electron chi connectivity index (χ4n) is 3.95. The molecular formula is C28H31F2N5O5S. The number of anilines is 2. The molecule has 1 N–H and O–H groups in total. The highest BCUT2D eigenvalue weighted by Crippen LogP contribution is 2.28. The molecule has 1 saturated heterocycles. The van der Waals surface area contributed by atoms with Gasteiger partial charge < -0.3 is 19.7 Å². The summed E-state index contributed by atoms with van der Waals surface area (Å²) in [6.45, 7) is 5.12. The highest BCUT2D eigenvalue weighted by Gasteiger charge is 2.34. The summed E-state index contributed by atoms with van der Waals surface area (Å²) in [5, 5.41) is 2.58. The Morgan fingerprint density at radius 3 is 2.27 bits per heavy atom. The molecule has 4 rings (SSSR count). The zero-order chi connectivity index (χ0) is 29.8. The molecule has 0 radical (unpaired) electrons. The molecular weight excluding hydrogens is 556 g/mol. The zero-order valence-corrected chi connectivity index (χ0v) is 23.9. The van der Waals surface area contributed by atoms with E-state index in [0.717, 1.165) is 21.7 Å². The monoisotopic (exact) mass is 587 g/mol. The van der Waals surface area contributed by atoms with Gasteiger partial charge in [-0.05, 0) is 44.5 Å². The number of halogens is 2. The molecule has 0 aliphatic carbocycles. The van der Waals surface area contributed by atoms with Crippen molar-refractivity contribution in [1.82, 2.24) is 19.2 Å². The van der Waals surface area contributed by atoms with Crippen molar-refractivity contribution in [3.8, 4) is 5.75 Å². The van der Waals surface area contributed by atoms with Crippen molar-refractivity contribution in [2.45, 2.75) is 31.3 Å². The molecule has 1 fully saturated rings. The normalized spacial score (nSPS) is 14.7. The van der Waals surface area contributed by atoms with Gasteiger partial charge in [-0.25, -0.2) is 32.0 Å². The van der Waals surface area contributed by atoms with E-state index in [-0.39, 0.29) is 37.8 Å². The van der Waals surface area contributed by atoms with Crippen molar-refractivity contribution in [1.29, 1.82) is 0 Å². The van der Waals surface area contributed by atoms with E-state index in [2.05, 4.69) is 15.3 Å². The highest BCUT2D eigenvalue weighted by molar-refractivity contribution is 7.89. The van der Waals surface area contributed by atoms with Gasteiger partial charge in [-0.15, -0.1) is 0 Å². The predicted molar refractivity (Wildman–Crippen MR) is 150 cm³/mol. The van der Waals surface area contributed by atoms with Gasteiger partial charge in [0.1, 0.15) is 27.9 Å². The minimum atomic E-state index is -4.36. The number of rotatable bonds is 7. The van der Waals surface area contributed by atoms with Crippen LogP contribution in [0, 0.1) is 11.6 Å². The van der Waals surface area contributed by atoms with Gasteiger partial charge in [-0.3, -0.25) is 0 Å². The van der Waals surface area contributed by atoms with Crippen LogP contribution in [0.2, 0.25) is 0 Å². The summed E-state index contributed by atoms with van der Waals surface area (Å²) in [4.78, 5) is 21.1. The average Bonchev–Trinajstić information content (AvgIpc) is 2.93. The molecule has 0 atom stereocenters. The van der Waals surface area contributed by atoms with Crippen molar-refractivity contribution >= 4 is 39.9 Å². The smallest absolute Gasteiger partial charge is 0.410 e. The van der Waals surface area contributed by atoms with Crippen LogP contribution in [-0.4, -0.2) is 72.6 Å². The molecule has 0 bridgehead atoms. The number of nitrogens with one attached hydrogen (secondary N) is 1. The first kappa shape index (κ1) is 29.9.